The first-order valence-corrected chi connectivity index (χ1v) is 8.02. The van der Waals surface area contributed by atoms with Crippen LogP contribution in [0.3, 0.4) is 0 Å². The van der Waals surface area contributed by atoms with Crippen molar-refractivity contribution in [2.24, 2.45) is 0 Å². The van der Waals surface area contributed by atoms with E-state index in [0.717, 1.165) is 38.1 Å². The van der Waals surface area contributed by atoms with Crippen molar-refractivity contribution in [2.75, 3.05) is 18.4 Å². The standard InChI is InChI=1S/C15H15BrF2N4O/c16-10-5-12(18)13(6-11(10)17)22-14-7-15(21-8-20-14)23-9-1-3-19-4-2-9/h5-9,19H,1-4H2,(H,20,21,22). The highest BCUT2D eigenvalue weighted by molar-refractivity contribution is 9.10. The van der Waals surface area contributed by atoms with Crippen molar-refractivity contribution in [3.05, 3.63) is 40.6 Å². The van der Waals surface area contributed by atoms with Crippen molar-refractivity contribution in [1.82, 2.24) is 15.3 Å². The Labute approximate surface area is 140 Å². The summed E-state index contributed by atoms with van der Waals surface area (Å²) in [5.74, 6) is -0.399. The quantitative estimate of drug-likeness (QED) is 0.791. The third-order valence-corrected chi connectivity index (χ3v) is 4.10. The zero-order valence-corrected chi connectivity index (χ0v) is 13.7. The minimum Gasteiger partial charge on any atom is -0.474 e. The lowest BCUT2D eigenvalue weighted by Gasteiger charge is -2.23. The molecule has 8 heteroatoms. The zero-order chi connectivity index (χ0) is 16.2. The maximum absolute atomic E-state index is 13.8. The topological polar surface area (TPSA) is 59.1 Å². The Hall–Kier alpha value is -1.80. The molecule has 1 saturated heterocycles. The van der Waals surface area contributed by atoms with Gasteiger partial charge < -0.3 is 15.4 Å². The lowest BCUT2D eigenvalue weighted by Crippen LogP contribution is -2.34. The van der Waals surface area contributed by atoms with Crippen LogP contribution >= 0.6 is 15.9 Å². The average molecular weight is 385 g/mol. The fourth-order valence-corrected chi connectivity index (χ4v) is 2.63. The monoisotopic (exact) mass is 384 g/mol. The van der Waals surface area contributed by atoms with Crippen molar-refractivity contribution in [1.29, 1.82) is 0 Å². The van der Waals surface area contributed by atoms with E-state index in [1.54, 1.807) is 6.07 Å². The highest BCUT2D eigenvalue weighted by Crippen LogP contribution is 2.26. The second-order valence-corrected chi connectivity index (χ2v) is 6.03. The van der Waals surface area contributed by atoms with Gasteiger partial charge in [-0.1, -0.05) is 0 Å². The van der Waals surface area contributed by atoms with Crippen LogP contribution < -0.4 is 15.4 Å². The number of benzene rings is 1. The van der Waals surface area contributed by atoms with Crippen molar-refractivity contribution in [3.63, 3.8) is 0 Å². The number of nitrogens with zero attached hydrogens (tertiary/aromatic N) is 2. The molecule has 3 rings (SSSR count). The van der Waals surface area contributed by atoms with E-state index in [-0.39, 0.29) is 16.3 Å². The van der Waals surface area contributed by atoms with Gasteiger partial charge in [0.2, 0.25) is 5.88 Å². The molecule has 1 aliphatic rings. The van der Waals surface area contributed by atoms with E-state index in [0.29, 0.717) is 11.7 Å². The maximum atomic E-state index is 13.8. The normalized spacial score (nSPS) is 15.4. The van der Waals surface area contributed by atoms with Crippen LogP contribution in [0.5, 0.6) is 5.88 Å². The van der Waals surface area contributed by atoms with Gasteiger partial charge in [0.1, 0.15) is 29.9 Å². The summed E-state index contributed by atoms with van der Waals surface area (Å²) >= 11 is 2.94. The van der Waals surface area contributed by atoms with Gasteiger partial charge in [0.15, 0.2) is 0 Å². The van der Waals surface area contributed by atoms with Gasteiger partial charge >= 0.3 is 0 Å². The highest BCUT2D eigenvalue weighted by atomic mass is 79.9. The SMILES string of the molecule is Fc1cc(Nc2cc(OC3CCNCC3)ncn2)c(F)cc1Br. The van der Waals surface area contributed by atoms with Crippen LogP contribution in [0.1, 0.15) is 12.8 Å². The molecular weight excluding hydrogens is 370 g/mol. The summed E-state index contributed by atoms with van der Waals surface area (Å²) in [7, 11) is 0. The first-order valence-electron chi connectivity index (χ1n) is 7.23. The van der Waals surface area contributed by atoms with Crippen LogP contribution in [-0.4, -0.2) is 29.2 Å². The molecule has 1 aliphatic heterocycles. The Morgan fingerprint density at radius 3 is 2.70 bits per heavy atom. The number of piperidine rings is 1. The minimum atomic E-state index is -0.585. The summed E-state index contributed by atoms with van der Waals surface area (Å²) < 4.78 is 33.2. The largest absolute Gasteiger partial charge is 0.474 e. The van der Waals surface area contributed by atoms with Crippen LogP contribution in [-0.2, 0) is 0 Å². The first kappa shape index (κ1) is 16.1. The van der Waals surface area contributed by atoms with Gasteiger partial charge in [-0.05, 0) is 47.9 Å². The number of anilines is 2. The van der Waals surface area contributed by atoms with Gasteiger partial charge in [-0.3, -0.25) is 0 Å². The molecule has 0 saturated carbocycles. The Morgan fingerprint density at radius 2 is 1.91 bits per heavy atom. The average Bonchev–Trinajstić information content (AvgIpc) is 2.54. The fraction of sp³-hybridized carbons (Fsp3) is 0.333. The number of hydrogen-bond acceptors (Lipinski definition) is 5. The van der Waals surface area contributed by atoms with Crippen molar-refractivity contribution in [3.8, 4) is 5.88 Å². The number of nitrogens with one attached hydrogen (secondary N) is 2. The van der Waals surface area contributed by atoms with Crippen LogP contribution in [0.15, 0.2) is 29.0 Å². The summed E-state index contributed by atoms with van der Waals surface area (Å²) in [4.78, 5) is 8.07. The molecule has 122 valence electrons. The minimum absolute atomic E-state index is 0.00258. The molecule has 1 aromatic heterocycles. The van der Waals surface area contributed by atoms with E-state index in [4.69, 9.17) is 4.74 Å². The third kappa shape index (κ3) is 4.14. The van der Waals surface area contributed by atoms with E-state index < -0.39 is 11.6 Å². The molecule has 2 aromatic rings. The Kier molecular flexibility index (Phi) is 5.02. The van der Waals surface area contributed by atoms with Gasteiger partial charge in [0, 0.05) is 12.1 Å². The smallest absolute Gasteiger partial charge is 0.218 e. The number of aromatic nitrogens is 2. The summed E-state index contributed by atoms with van der Waals surface area (Å²) in [5.41, 5.74) is -0.00258. The highest BCUT2D eigenvalue weighted by Gasteiger charge is 2.15. The van der Waals surface area contributed by atoms with Crippen molar-refractivity contribution >= 4 is 27.4 Å². The predicted octanol–water partition coefficient (Wildman–Crippen LogP) is 3.39. The molecule has 0 unspecified atom stereocenters. The van der Waals surface area contributed by atoms with E-state index >= 15 is 0 Å². The second-order valence-electron chi connectivity index (χ2n) is 5.18. The van der Waals surface area contributed by atoms with Crippen LogP contribution in [0.2, 0.25) is 0 Å². The predicted molar refractivity (Wildman–Crippen MR) is 85.9 cm³/mol. The van der Waals surface area contributed by atoms with Crippen LogP contribution in [0, 0.1) is 11.6 Å². The van der Waals surface area contributed by atoms with Gasteiger partial charge in [0.05, 0.1) is 10.2 Å². The molecule has 0 radical (unpaired) electrons. The molecule has 0 spiro atoms. The number of ether oxygens (including phenoxy) is 1. The molecule has 2 N–H and O–H groups in total. The molecular formula is C15H15BrF2N4O. The molecule has 23 heavy (non-hydrogen) atoms. The lowest BCUT2D eigenvalue weighted by atomic mass is 10.1. The Bertz CT molecular complexity index is 695. The van der Waals surface area contributed by atoms with Crippen molar-refractivity contribution in [2.45, 2.75) is 18.9 Å². The Morgan fingerprint density at radius 1 is 1.13 bits per heavy atom. The van der Waals surface area contributed by atoms with E-state index in [1.807, 2.05) is 0 Å². The molecule has 0 aliphatic carbocycles. The van der Waals surface area contributed by atoms with Crippen LogP contribution in [0.25, 0.3) is 0 Å². The molecule has 0 atom stereocenters. The number of rotatable bonds is 4. The van der Waals surface area contributed by atoms with E-state index in [1.165, 1.54) is 6.33 Å². The van der Waals surface area contributed by atoms with E-state index in [9.17, 15) is 8.78 Å². The van der Waals surface area contributed by atoms with Gasteiger partial charge in [-0.2, -0.15) is 0 Å². The Balaban J connectivity index is 1.73. The fourth-order valence-electron chi connectivity index (χ4n) is 2.31. The second kappa shape index (κ2) is 7.18. The summed E-state index contributed by atoms with van der Waals surface area (Å²) in [5, 5.41) is 5.99. The van der Waals surface area contributed by atoms with Gasteiger partial charge in [-0.25, -0.2) is 18.7 Å². The van der Waals surface area contributed by atoms with Crippen LogP contribution in [0.4, 0.5) is 20.3 Å². The molecule has 2 heterocycles. The van der Waals surface area contributed by atoms with Gasteiger partial charge in [0.25, 0.3) is 0 Å². The van der Waals surface area contributed by atoms with Crippen molar-refractivity contribution < 1.29 is 13.5 Å². The zero-order valence-electron chi connectivity index (χ0n) is 12.2. The number of hydrogen-bond donors (Lipinski definition) is 2. The lowest BCUT2D eigenvalue weighted by molar-refractivity contribution is 0.156. The van der Waals surface area contributed by atoms with E-state index in [2.05, 4.69) is 36.5 Å². The molecule has 5 nitrogen and oxygen atoms in total. The summed E-state index contributed by atoms with van der Waals surface area (Å²) in [6.45, 7) is 1.81. The molecule has 1 fully saturated rings. The summed E-state index contributed by atoms with van der Waals surface area (Å²) in [6.07, 6.45) is 3.23. The molecule has 0 bridgehead atoms. The first-order chi connectivity index (χ1) is 11.1. The third-order valence-electron chi connectivity index (χ3n) is 3.49. The summed E-state index contributed by atoms with van der Waals surface area (Å²) in [6, 6.07) is 3.70. The van der Waals surface area contributed by atoms with Gasteiger partial charge in [-0.15, -0.1) is 0 Å². The molecule has 0 amide bonds. The maximum Gasteiger partial charge on any atom is 0.218 e. The molecule has 1 aromatic carbocycles. The number of halogens is 3.